The van der Waals surface area contributed by atoms with Gasteiger partial charge in [0.2, 0.25) is 0 Å². The molecule has 2 aliphatic rings. The Hall–Kier alpha value is -2.63. The molecule has 2 aliphatic heterocycles. The molecule has 1 aromatic carbocycles. The van der Waals surface area contributed by atoms with Crippen molar-refractivity contribution >= 4 is 11.7 Å². The number of aromatic nitrogens is 2. The number of fused-ring (bicyclic) bond motifs is 1. The van der Waals surface area contributed by atoms with Gasteiger partial charge in [0.05, 0.1) is 0 Å². The highest BCUT2D eigenvalue weighted by molar-refractivity contribution is 5.81. The molecule has 1 fully saturated rings. The van der Waals surface area contributed by atoms with E-state index in [1.807, 2.05) is 36.1 Å². The van der Waals surface area contributed by atoms with E-state index >= 15 is 0 Å². The molecule has 1 amide bonds. The maximum atomic E-state index is 12.8. The van der Waals surface area contributed by atoms with Gasteiger partial charge in [0.1, 0.15) is 17.9 Å². The number of hydrogen-bond acceptors (Lipinski definition) is 5. The third-order valence-corrected chi connectivity index (χ3v) is 5.16. The number of anilines is 1. The van der Waals surface area contributed by atoms with Crippen molar-refractivity contribution in [1.82, 2.24) is 14.9 Å². The summed E-state index contributed by atoms with van der Waals surface area (Å²) in [6.07, 6.45) is 4.72. The fourth-order valence-electron chi connectivity index (χ4n) is 3.69. The van der Waals surface area contributed by atoms with Crippen LogP contribution in [-0.4, -0.2) is 46.0 Å². The summed E-state index contributed by atoms with van der Waals surface area (Å²) >= 11 is 0. The van der Waals surface area contributed by atoms with Gasteiger partial charge in [-0.05, 0) is 44.2 Å². The predicted octanol–water partition coefficient (Wildman–Crippen LogP) is 2.58. The van der Waals surface area contributed by atoms with Crippen molar-refractivity contribution in [2.45, 2.75) is 44.8 Å². The van der Waals surface area contributed by atoms with E-state index in [1.54, 1.807) is 6.33 Å². The van der Waals surface area contributed by atoms with E-state index in [0.717, 1.165) is 56.0 Å². The lowest BCUT2D eigenvalue weighted by atomic mass is 9.99. The van der Waals surface area contributed by atoms with Crippen molar-refractivity contribution in [1.29, 1.82) is 0 Å². The first-order valence-electron chi connectivity index (χ1n) is 9.27. The molecule has 0 spiro atoms. The minimum Gasteiger partial charge on any atom is -0.480 e. The molecule has 0 radical (unpaired) electrons. The Bertz CT molecular complexity index is 787. The number of para-hydroxylation sites is 1. The summed E-state index contributed by atoms with van der Waals surface area (Å²) in [4.78, 5) is 23.2. The SMILES string of the molecule is Cc1cc(NC2CCN(C(=O)C3CCc4ccccc4O3)CC2)ncn1. The van der Waals surface area contributed by atoms with Crippen molar-refractivity contribution in [3.8, 4) is 5.75 Å². The van der Waals surface area contributed by atoms with E-state index in [1.165, 1.54) is 5.56 Å². The molecule has 1 N–H and O–H groups in total. The maximum Gasteiger partial charge on any atom is 0.263 e. The number of benzene rings is 1. The highest BCUT2D eigenvalue weighted by Gasteiger charge is 2.32. The van der Waals surface area contributed by atoms with Crippen molar-refractivity contribution in [2.24, 2.45) is 0 Å². The highest BCUT2D eigenvalue weighted by Crippen LogP contribution is 2.28. The third-order valence-electron chi connectivity index (χ3n) is 5.16. The Morgan fingerprint density at radius 2 is 2.00 bits per heavy atom. The van der Waals surface area contributed by atoms with Crippen LogP contribution in [-0.2, 0) is 11.2 Å². The summed E-state index contributed by atoms with van der Waals surface area (Å²) in [5.41, 5.74) is 2.14. The highest BCUT2D eigenvalue weighted by atomic mass is 16.5. The van der Waals surface area contributed by atoms with Gasteiger partial charge in [-0.3, -0.25) is 4.79 Å². The molecule has 26 heavy (non-hydrogen) atoms. The number of nitrogens with zero attached hydrogens (tertiary/aromatic N) is 3. The standard InChI is InChI=1S/C20H24N4O2/c1-14-12-19(22-13-21-14)23-16-8-10-24(11-9-16)20(25)18-7-6-15-4-2-3-5-17(15)26-18/h2-5,12-13,16,18H,6-11H2,1H3,(H,21,22,23). The zero-order valence-corrected chi connectivity index (χ0v) is 15.0. The zero-order chi connectivity index (χ0) is 17.9. The first kappa shape index (κ1) is 16.8. The van der Waals surface area contributed by atoms with E-state index in [0.29, 0.717) is 6.04 Å². The largest absolute Gasteiger partial charge is 0.480 e. The molecule has 2 aromatic rings. The molecule has 136 valence electrons. The summed E-state index contributed by atoms with van der Waals surface area (Å²) in [6.45, 7) is 3.46. The molecule has 0 saturated carbocycles. The number of ether oxygens (including phenoxy) is 1. The number of carbonyl (C=O) groups excluding carboxylic acids is 1. The van der Waals surface area contributed by atoms with Gasteiger partial charge in [-0.15, -0.1) is 0 Å². The van der Waals surface area contributed by atoms with E-state index in [-0.39, 0.29) is 12.0 Å². The molecule has 6 nitrogen and oxygen atoms in total. The number of amides is 1. The van der Waals surface area contributed by atoms with Crippen molar-refractivity contribution < 1.29 is 9.53 Å². The van der Waals surface area contributed by atoms with E-state index < -0.39 is 0 Å². The Kier molecular flexibility index (Phi) is 4.73. The number of likely N-dealkylation sites (tertiary alicyclic amines) is 1. The van der Waals surface area contributed by atoms with Gasteiger partial charge in [0, 0.05) is 30.9 Å². The molecule has 6 heteroatoms. The number of piperidine rings is 1. The second-order valence-electron chi connectivity index (χ2n) is 7.04. The van der Waals surface area contributed by atoms with Gasteiger partial charge in [0.15, 0.2) is 6.10 Å². The normalized spacial score (nSPS) is 20.2. The number of carbonyl (C=O) groups is 1. The van der Waals surface area contributed by atoms with Crippen LogP contribution in [0.2, 0.25) is 0 Å². The van der Waals surface area contributed by atoms with Crippen LogP contribution in [0.15, 0.2) is 36.7 Å². The van der Waals surface area contributed by atoms with Crippen LogP contribution in [0.25, 0.3) is 0 Å². The van der Waals surface area contributed by atoms with Gasteiger partial charge in [-0.1, -0.05) is 18.2 Å². The van der Waals surface area contributed by atoms with E-state index in [2.05, 4.69) is 21.4 Å². The Balaban J connectivity index is 1.31. The van der Waals surface area contributed by atoms with Gasteiger partial charge >= 0.3 is 0 Å². The monoisotopic (exact) mass is 352 g/mol. The predicted molar refractivity (Wildman–Crippen MR) is 99.2 cm³/mol. The lowest BCUT2D eigenvalue weighted by molar-refractivity contribution is -0.140. The fraction of sp³-hybridized carbons (Fsp3) is 0.450. The summed E-state index contributed by atoms with van der Waals surface area (Å²) < 4.78 is 5.96. The second kappa shape index (κ2) is 7.32. The van der Waals surface area contributed by atoms with Gasteiger partial charge < -0.3 is 15.0 Å². The molecule has 1 saturated heterocycles. The summed E-state index contributed by atoms with van der Waals surface area (Å²) in [6, 6.07) is 10.3. The zero-order valence-electron chi connectivity index (χ0n) is 15.0. The maximum absolute atomic E-state index is 12.8. The summed E-state index contributed by atoms with van der Waals surface area (Å²) in [7, 11) is 0. The quantitative estimate of drug-likeness (QED) is 0.920. The molecular weight excluding hydrogens is 328 g/mol. The Labute approximate surface area is 153 Å². The topological polar surface area (TPSA) is 67.4 Å². The van der Waals surface area contributed by atoms with E-state index in [4.69, 9.17) is 4.74 Å². The van der Waals surface area contributed by atoms with Crippen molar-refractivity contribution in [3.63, 3.8) is 0 Å². The number of nitrogens with one attached hydrogen (secondary N) is 1. The second-order valence-corrected chi connectivity index (χ2v) is 7.04. The summed E-state index contributed by atoms with van der Waals surface area (Å²) in [5.74, 6) is 1.83. The van der Waals surface area contributed by atoms with Crippen LogP contribution in [0.5, 0.6) is 5.75 Å². The Morgan fingerprint density at radius 1 is 1.19 bits per heavy atom. The first-order chi connectivity index (χ1) is 12.7. The number of rotatable bonds is 3. The number of hydrogen-bond donors (Lipinski definition) is 1. The molecule has 4 rings (SSSR count). The van der Waals surface area contributed by atoms with Gasteiger partial charge in [-0.2, -0.15) is 0 Å². The van der Waals surface area contributed by atoms with Crippen LogP contribution in [0.4, 0.5) is 5.82 Å². The smallest absolute Gasteiger partial charge is 0.263 e. The molecule has 3 heterocycles. The minimum absolute atomic E-state index is 0.121. The molecule has 0 aliphatic carbocycles. The molecule has 1 atom stereocenters. The van der Waals surface area contributed by atoms with Crippen LogP contribution in [0.3, 0.4) is 0 Å². The lowest BCUT2D eigenvalue weighted by Gasteiger charge is -2.35. The minimum atomic E-state index is -0.348. The third kappa shape index (κ3) is 3.64. The van der Waals surface area contributed by atoms with Crippen LogP contribution >= 0.6 is 0 Å². The molecule has 1 unspecified atom stereocenters. The molecule has 0 bridgehead atoms. The Morgan fingerprint density at radius 3 is 2.81 bits per heavy atom. The van der Waals surface area contributed by atoms with Crippen LogP contribution in [0, 0.1) is 6.92 Å². The van der Waals surface area contributed by atoms with Crippen LogP contribution < -0.4 is 10.1 Å². The van der Waals surface area contributed by atoms with E-state index in [9.17, 15) is 4.79 Å². The molecular formula is C20H24N4O2. The van der Waals surface area contributed by atoms with Crippen molar-refractivity contribution in [3.05, 3.63) is 47.9 Å². The van der Waals surface area contributed by atoms with Crippen molar-refractivity contribution in [2.75, 3.05) is 18.4 Å². The average Bonchev–Trinajstić information content (AvgIpc) is 2.68. The van der Waals surface area contributed by atoms with Gasteiger partial charge in [0.25, 0.3) is 5.91 Å². The lowest BCUT2D eigenvalue weighted by Crippen LogP contribution is -2.48. The first-order valence-corrected chi connectivity index (χ1v) is 9.27. The number of aryl methyl sites for hydroxylation is 2. The van der Waals surface area contributed by atoms with Gasteiger partial charge in [-0.25, -0.2) is 9.97 Å². The molecule has 1 aromatic heterocycles. The fourth-order valence-corrected chi connectivity index (χ4v) is 3.69. The van der Waals surface area contributed by atoms with Crippen LogP contribution in [0.1, 0.15) is 30.5 Å². The summed E-state index contributed by atoms with van der Waals surface area (Å²) in [5, 5.41) is 3.45. The average molecular weight is 352 g/mol.